The molecule has 1 amide bonds. The van der Waals surface area contributed by atoms with E-state index in [9.17, 15) is 4.79 Å². The first-order chi connectivity index (χ1) is 11.1. The van der Waals surface area contributed by atoms with Crippen LogP contribution in [-0.2, 0) is 4.74 Å². The van der Waals surface area contributed by atoms with Crippen molar-refractivity contribution in [2.24, 2.45) is 0 Å². The number of nitrogens with zero attached hydrogens (tertiary/aromatic N) is 1. The first-order valence-corrected chi connectivity index (χ1v) is 8.01. The monoisotopic (exact) mass is 330 g/mol. The molecule has 0 aliphatic carbocycles. The van der Waals surface area contributed by atoms with E-state index in [-0.39, 0.29) is 5.91 Å². The van der Waals surface area contributed by atoms with Crippen molar-refractivity contribution in [2.45, 2.75) is 6.92 Å². The molecular formula is C18H19ClN2O2. The number of halogens is 1. The Hall–Kier alpha value is -2.04. The molecule has 1 fully saturated rings. The van der Waals surface area contributed by atoms with Gasteiger partial charge in [0.05, 0.1) is 13.2 Å². The summed E-state index contributed by atoms with van der Waals surface area (Å²) in [7, 11) is 0. The summed E-state index contributed by atoms with van der Waals surface area (Å²) in [4.78, 5) is 14.5. The van der Waals surface area contributed by atoms with Crippen LogP contribution in [0.3, 0.4) is 0 Å². The van der Waals surface area contributed by atoms with Gasteiger partial charge in [-0.15, -0.1) is 0 Å². The molecule has 1 N–H and O–H groups in total. The zero-order chi connectivity index (χ0) is 16.2. The SMILES string of the molecule is Cc1ccc(C(=O)Nc2ccc(N3CCOCC3)cc2)cc1Cl. The van der Waals surface area contributed by atoms with Gasteiger partial charge in [0, 0.05) is 35.1 Å². The fraction of sp³-hybridized carbons (Fsp3) is 0.278. The smallest absolute Gasteiger partial charge is 0.255 e. The molecule has 3 rings (SSSR count). The number of rotatable bonds is 3. The van der Waals surface area contributed by atoms with E-state index in [1.807, 2.05) is 37.3 Å². The molecule has 0 radical (unpaired) electrons. The van der Waals surface area contributed by atoms with Gasteiger partial charge in [0.25, 0.3) is 5.91 Å². The van der Waals surface area contributed by atoms with Crippen molar-refractivity contribution < 1.29 is 9.53 Å². The van der Waals surface area contributed by atoms with Gasteiger partial charge in [-0.25, -0.2) is 0 Å². The third-order valence-electron chi connectivity index (χ3n) is 3.94. The number of carbonyl (C=O) groups is 1. The van der Waals surface area contributed by atoms with E-state index in [2.05, 4.69) is 10.2 Å². The van der Waals surface area contributed by atoms with E-state index in [1.165, 1.54) is 0 Å². The zero-order valence-corrected chi connectivity index (χ0v) is 13.8. The summed E-state index contributed by atoms with van der Waals surface area (Å²) in [6, 6.07) is 13.2. The molecule has 2 aromatic rings. The molecule has 0 aromatic heterocycles. The highest BCUT2D eigenvalue weighted by Gasteiger charge is 2.12. The van der Waals surface area contributed by atoms with Crippen LogP contribution < -0.4 is 10.2 Å². The first-order valence-electron chi connectivity index (χ1n) is 7.64. The zero-order valence-electron chi connectivity index (χ0n) is 13.0. The van der Waals surface area contributed by atoms with Gasteiger partial charge >= 0.3 is 0 Å². The normalized spacial score (nSPS) is 14.6. The van der Waals surface area contributed by atoms with E-state index in [1.54, 1.807) is 12.1 Å². The minimum absolute atomic E-state index is 0.161. The highest BCUT2D eigenvalue weighted by molar-refractivity contribution is 6.31. The van der Waals surface area contributed by atoms with Gasteiger partial charge in [-0.05, 0) is 48.9 Å². The molecule has 0 atom stereocenters. The van der Waals surface area contributed by atoms with E-state index in [0.717, 1.165) is 43.2 Å². The Balaban J connectivity index is 1.67. The Labute approximate surface area is 141 Å². The summed E-state index contributed by atoms with van der Waals surface area (Å²) in [5.74, 6) is -0.161. The van der Waals surface area contributed by atoms with E-state index >= 15 is 0 Å². The van der Waals surface area contributed by atoms with Gasteiger partial charge in [-0.1, -0.05) is 17.7 Å². The second-order valence-corrected chi connectivity index (χ2v) is 5.97. The molecular weight excluding hydrogens is 312 g/mol. The number of hydrogen-bond donors (Lipinski definition) is 1. The maximum Gasteiger partial charge on any atom is 0.255 e. The number of carbonyl (C=O) groups excluding carboxylic acids is 1. The average molecular weight is 331 g/mol. The third-order valence-corrected chi connectivity index (χ3v) is 4.34. The van der Waals surface area contributed by atoms with Gasteiger partial charge in [0.15, 0.2) is 0 Å². The number of amides is 1. The van der Waals surface area contributed by atoms with Crippen molar-refractivity contribution in [1.82, 2.24) is 0 Å². The van der Waals surface area contributed by atoms with Crippen molar-refractivity contribution in [3.05, 3.63) is 58.6 Å². The van der Waals surface area contributed by atoms with Gasteiger partial charge < -0.3 is 15.0 Å². The molecule has 0 bridgehead atoms. The summed E-state index contributed by atoms with van der Waals surface area (Å²) in [6.07, 6.45) is 0. The second kappa shape index (κ2) is 7.02. The fourth-order valence-electron chi connectivity index (χ4n) is 2.51. The van der Waals surface area contributed by atoms with E-state index < -0.39 is 0 Å². The number of benzene rings is 2. The Morgan fingerprint density at radius 1 is 1.13 bits per heavy atom. The van der Waals surface area contributed by atoms with Crippen LogP contribution >= 0.6 is 11.6 Å². The molecule has 1 saturated heterocycles. The lowest BCUT2D eigenvalue weighted by Gasteiger charge is -2.28. The highest BCUT2D eigenvalue weighted by atomic mass is 35.5. The van der Waals surface area contributed by atoms with Crippen molar-refractivity contribution in [3.63, 3.8) is 0 Å². The standard InChI is InChI=1S/C18H19ClN2O2/c1-13-2-3-14(12-17(13)19)18(22)20-15-4-6-16(7-5-15)21-8-10-23-11-9-21/h2-7,12H,8-11H2,1H3,(H,20,22). The highest BCUT2D eigenvalue weighted by Crippen LogP contribution is 2.21. The van der Waals surface area contributed by atoms with Crippen molar-refractivity contribution in [3.8, 4) is 0 Å². The second-order valence-electron chi connectivity index (χ2n) is 5.56. The van der Waals surface area contributed by atoms with Gasteiger partial charge in [-0.2, -0.15) is 0 Å². The Bertz CT molecular complexity index is 695. The molecule has 23 heavy (non-hydrogen) atoms. The molecule has 0 saturated carbocycles. The molecule has 1 aliphatic rings. The third kappa shape index (κ3) is 3.84. The molecule has 0 spiro atoms. The quantitative estimate of drug-likeness (QED) is 0.932. The topological polar surface area (TPSA) is 41.6 Å². The lowest BCUT2D eigenvalue weighted by atomic mass is 10.1. The molecule has 1 aliphatic heterocycles. The van der Waals surface area contributed by atoms with Crippen LogP contribution in [0.25, 0.3) is 0 Å². The number of ether oxygens (including phenoxy) is 1. The summed E-state index contributed by atoms with van der Waals surface area (Å²) >= 11 is 6.07. The minimum atomic E-state index is -0.161. The maximum absolute atomic E-state index is 12.3. The van der Waals surface area contributed by atoms with Crippen LogP contribution in [-0.4, -0.2) is 32.2 Å². The molecule has 1 heterocycles. The van der Waals surface area contributed by atoms with Crippen molar-refractivity contribution in [1.29, 1.82) is 0 Å². The van der Waals surface area contributed by atoms with Gasteiger partial charge in [-0.3, -0.25) is 4.79 Å². The summed E-state index contributed by atoms with van der Waals surface area (Å²) < 4.78 is 5.36. The lowest BCUT2D eigenvalue weighted by molar-refractivity contribution is 0.102. The molecule has 0 unspecified atom stereocenters. The number of aryl methyl sites for hydroxylation is 1. The predicted molar refractivity (Wildman–Crippen MR) is 93.6 cm³/mol. The van der Waals surface area contributed by atoms with E-state index in [4.69, 9.17) is 16.3 Å². The van der Waals surface area contributed by atoms with Crippen molar-refractivity contribution >= 4 is 28.9 Å². The Kier molecular flexibility index (Phi) is 4.84. The van der Waals surface area contributed by atoms with Crippen LogP contribution in [0.5, 0.6) is 0 Å². The van der Waals surface area contributed by atoms with Crippen LogP contribution in [0.4, 0.5) is 11.4 Å². The van der Waals surface area contributed by atoms with Crippen LogP contribution in [0.15, 0.2) is 42.5 Å². The molecule has 120 valence electrons. The minimum Gasteiger partial charge on any atom is -0.378 e. The van der Waals surface area contributed by atoms with Crippen LogP contribution in [0.2, 0.25) is 5.02 Å². The predicted octanol–water partition coefficient (Wildman–Crippen LogP) is 3.74. The first kappa shape index (κ1) is 15.8. The van der Waals surface area contributed by atoms with E-state index in [0.29, 0.717) is 10.6 Å². The fourth-order valence-corrected chi connectivity index (χ4v) is 2.70. The molecule has 4 nitrogen and oxygen atoms in total. The Morgan fingerprint density at radius 3 is 2.48 bits per heavy atom. The summed E-state index contributed by atoms with van der Waals surface area (Å²) in [6.45, 7) is 5.22. The van der Waals surface area contributed by atoms with Crippen molar-refractivity contribution in [2.75, 3.05) is 36.5 Å². The summed E-state index contributed by atoms with van der Waals surface area (Å²) in [5.41, 5.74) is 3.42. The van der Waals surface area contributed by atoms with Gasteiger partial charge in [0.2, 0.25) is 0 Å². The Morgan fingerprint density at radius 2 is 1.83 bits per heavy atom. The van der Waals surface area contributed by atoms with Gasteiger partial charge in [0.1, 0.15) is 0 Å². The van der Waals surface area contributed by atoms with Crippen LogP contribution in [0, 0.1) is 6.92 Å². The number of morpholine rings is 1. The number of hydrogen-bond acceptors (Lipinski definition) is 3. The largest absolute Gasteiger partial charge is 0.378 e. The average Bonchev–Trinajstić information content (AvgIpc) is 2.59. The number of anilines is 2. The maximum atomic E-state index is 12.3. The van der Waals surface area contributed by atoms with Crippen LogP contribution in [0.1, 0.15) is 15.9 Å². The molecule has 2 aromatic carbocycles. The summed E-state index contributed by atoms with van der Waals surface area (Å²) in [5, 5.41) is 3.49. The molecule has 5 heteroatoms. The number of nitrogens with one attached hydrogen (secondary N) is 1. The lowest BCUT2D eigenvalue weighted by Crippen LogP contribution is -2.36.